The van der Waals surface area contributed by atoms with Gasteiger partial charge in [0.2, 0.25) is 0 Å². The first kappa shape index (κ1) is 35.9. The highest BCUT2D eigenvalue weighted by Crippen LogP contribution is 2.44. The van der Waals surface area contributed by atoms with Crippen LogP contribution in [0.15, 0.2) is 108 Å². The lowest BCUT2D eigenvalue weighted by atomic mass is 9.91. The van der Waals surface area contributed by atoms with Gasteiger partial charge in [-0.1, -0.05) is 94.8 Å². The number of halogens is 4. The number of Topliss-reactive ketones (excluding diaryl/α,β-unsaturated/α-hetero) is 1. The van der Waals surface area contributed by atoms with E-state index in [0.717, 1.165) is 53.7 Å². The molecule has 0 radical (unpaired) electrons. The molecule has 0 spiro atoms. The predicted octanol–water partition coefficient (Wildman–Crippen LogP) is 9.25. The normalized spacial score (nSPS) is 13.7. The fourth-order valence-corrected chi connectivity index (χ4v) is 7.19. The van der Waals surface area contributed by atoms with E-state index in [1.165, 1.54) is 7.05 Å². The first-order chi connectivity index (χ1) is 24.4. The molecular formula is C40H36BrF3N2O5. The number of ether oxygens (including phenoxy) is 1. The third-order valence-corrected chi connectivity index (χ3v) is 10.1. The number of rotatable bonds is 13. The summed E-state index contributed by atoms with van der Waals surface area (Å²) in [6.07, 6.45) is -6.24. The van der Waals surface area contributed by atoms with Crippen LogP contribution in [-0.2, 0) is 27.3 Å². The smallest absolute Gasteiger partial charge is 0.410 e. The van der Waals surface area contributed by atoms with Gasteiger partial charge in [0.25, 0.3) is 0 Å². The van der Waals surface area contributed by atoms with Gasteiger partial charge in [-0.3, -0.25) is 9.59 Å². The second kappa shape index (κ2) is 15.1. The molecule has 7 nitrogen and oxygen atoms in total. The van der Waals surface area contributed by atoms with E-state index in [4.69, 9.17) is 4.74 Å². The van der Waals surface area contributed by atoms with E-state index in [9.17, 15) is 32.7 Å². The topological polar surface area (TPSA) is 88.8 Å². The van der Waals surface area contributed by atoms with Crippen LogP contribution in [0.25, 0.3) is 22.0 Å². The number of ketones is 1. The highest BCUT2D eigenvalue weighted by molar-refractivity contribution is 9.10. The molecule has 1 aromatic heterocycles. The molecule has 0 bridgehead atoms. The van der Waals surface area contributed by atoms with Crippen LogP contribution in [0.2, 0.25) is 0 Å². The first-order valence-electron chi connectivity index (χ1n) is 16.6. The van der Waals surface area contributed by atoms with E-state index < -0.39 is 55.2 Å². The Balaban J connectivity index is 1.28. The summed E-state index contributed by atoms with van der Waals surface area (Å²) < 4.78 is 48.0. The predicted molar refractivity (Wildman–Crippen MR) is 192 cm³/mol. The number of likely N-dealkylation sites (N-methyl/N-ethyl adjacent to an activating group) is 1. The Bertz CT molecular complexity index is 2010. The number of fused-ring (bicyclic) bond motifs is 4. The third-order valence-electron chi connectivity index (χ3n) is 9.59. The van der Waals surface area contributed by atoms with Crippen molar-refractivity contribution < 1.29 is 37.4 Å². The van der Waals surface area contributed by atoms with Crippen LogP contribution in [0.1, 0.15) is 47.4 Å². The zero-order valence-corrected chi connectivity index (χ0v) is 29.4. The average Bonchev–Trinajstić information content (AvgIpc) is 3.62. The van der Waals surface area contributed by atoms with Crippen molar-refractivity contribution in [2.45, 2.75) is 50.4 Å². The zero-order chi connectivity index (χ0) is 36.3. The van der Waals surface area contributed by atoms with Crippen LogP contribution >= 0.6 is 15.9 Å². The van der Waals surface area contributed by atoms with Gasteiger partial charge in [0, 0.05) is 60.3 Å². The van der Waals surface area contributed by atoms with Gasteiger partial charge >= 0.3 is 18.2 Å². The Morgan fingerprint density at radius 3 is 2.14 bits per heavy atom. The average molecular weight is 762 g/mol. The van der Waals surface area contributed by atoms with Crippen LogP contribution in [-0.4, -0.2) is 58.3 Å². The molecule has 51 heavy (non-hydrogen) atoms. The summed E-state index contributed by atoms with van der Waals surface area (Å²) in [7, 11) is 1.41. The Morgan fingerprint density at radius 2 is 1.51 bits per heavy atom. The van der Waals surface area contributed by atoms with E-state index in [1.54, 1.807) is 0 Å². The molecule has 11 heteroatoms. The van der Waals surface area contributed by atoms with Crippen LogP contribution in [0, 0.1) is 5.92 Å². The van der Waals surface area contributed by atoms with Crippen molar-refractivity contribution in [2.75, 3.05) is 13.7 Å². The maximum atomic E-state index is 14.0. The number of nitrogens with zero attached hydrogens (tertiary/aromatic N) is 2. The summed E-state index contributed by atoms with van der Waals surface area (Å²) in [5.41, 5.74) is 6.76. The molecule has 264 valence electrons. The molecule has 0 fully saturated rings. The molecule has 1 amide bonds. The number of carboxylic acid groups (broad SMARTS) is 1. The summed E-state index contributed by atoms with van der Waals surface area (Å²) in [6.45, 7) is 0.515. The monoisotopic (exact) mass is 760 g/mol. The van der Waals surface area contributed by atoms with Crippen molar-refractivity contribution in [1.82, 2.24) is 9.47 Å². The number of hydrogen-bond acceptors (Lipinski definition) is 4. The van der Waals surface area contributed by atoms with Crippen LogP contribution in [0.3, 0.4) is 0 Å². The number of benzene rings is 4. The van der Waals surface area contributed by atoms with Gasteiger partial charge in [-0.25, -0.2) is 4.79 Å². The Labute approximate surface area is 301 Å². The quantitative estimate of drug-likeness (QED) is 0.129. The molecule has 1 aliphatic rings. The zero-order valence-electron chi connectivity index (χ0n) is 27.8. The van der Waals surface area contributed by atoms with Gasteiger partial charge in [-0.15, -0.1) is 0 Å². The van der Waals surface area contributed by atoms with Crippen LogP contribution in [0.4, 0.5) is 18.0 Å². The van der Waals surface area contributed by atoms with Crippen molar-refractivity contribution >= 4 is 44.7 Å². The van der Waals surface area contributed by atoms with E-state index >= 15 is 0 Å². The van der Waals surface area contributed by atoms with Crippen molar-refractivity contribution in [1.29, 1.82) is 0 Å². The standard InChI is InChI=1S/C40H36BrF3N2O5/c1-45(39(50)51-24-34-32-11-4-2-9-30(32)31-10-3-5-12-33(31)34)36(37(47)21-26(38(48)49)18-19-40(42,43)44)20-27-23-46(35-13-7-6-8-29(27)35)22-25-14-16-28(41)17-15-25/h2-17,23,26,34,36H,18-22,24H2,1H3,(H,48,49)/t26-,36+/m1/s1. The molecule has 2 atom stereocenters. The summed E-state index contributed by atoms with van der Waals surface area (Å²) in [4.78, 5) is 40.9. The van der Waals surface area contributed by atoms with E-state index in [1.807, 2.05) is 108 Å². The Kier molecular flexibility index (Phi) is 10.7. The second-order valence-corrected chi connectivity index (χ2v) is 13.8. The van der Waals surface area contributed by atoms with Crippen molar-refractivity contribution in [2.24, 2.45) is 5.92 Å². The minimum Gasteiger partial charge on any atom is -0.481 e. The maximum absolute atomic E-state index is 14.0. The summed E-state index contributed by atoms with van der Waals surface area (Å²) in [5.74, 6) is -3.97. The largest absolute Gasteiger partial charge is 0.481 e. The van der Waals surface area contributed by atoms with E-state index in [-0.39, 0.29) is 18.9 Å². The first-order valence-corrected chi connectivity index (χ1v) is 17.4. The lowest BCUT2D eigenvalue weighted by Gasteiger charge is -2.28. The number of aliphatic carboxylic acids is 1. The second-order valence-electron chi connectivity index (χ2n) is 12.9. The molecular weight excluding hydrogens is 725 g/mol. The summed E-state index contributed by atoms with van der Waals surface area (Å²) in [6, 6.07) is 30.0. The molecule has 1 N–H and O–H groups in total. The molecule has 4 aromatic carbocycles. The van der Waals surface area contributed by atoms with Gasteiger partial charge in [-0.05, 0) is 58.0 Å². The Hall–Kier alpha value is -4.90. The number of carboxylic acids is 1. The highest BCUT2D eigenvalue weighted by Gasteiger charge is 2.36. The highest BCUT2D eigenvalue weighted by atomic mass is 79.9. The van der Waals surface area contributed by atoms with Crippen molar-refractivity contribution in [3.8, 4) is 11.1 Å². The summed E-state index contributed by atoms with van der Waals surface area (Å²) in [5, 5.41) is 10.6. The summed E-state index contributed by atoms with van der Waals surface area (Å²) >= 11 is 3.46. The van der Waals surface area contributed by atoms with Gasteiger partial charge in [-0.2, -0.15) is 13.2 Å². The molecule has 5 aromatic rings. The van der Waals surface area contributed by atoms with Crippen LogP contribution < -0.4 is 0 Å². The number of amides is 1. The van der Waals surface area contributed by atoms with Crippen LogP contribution in [0.5, 0.6) is 0 Å². The number of aromatic nitrogens is 1. The van der Waals surface area contributed by atoms with E-state index in [0.29, 0.717) is 6.54 Å². The van der Waals surface area contributed by atoms with Gasteiger partial charge in [0.05, 0.1) is 12.0 Å². The maximum Gasteiger partial charge on any atom is 0.410 e. The lowest BCUT2D eigenvalue weighted by Crippen LogP contribution is -2.45. The fraction of sp³-hybridized carbons (Fsp3) is 0.275. The molecule has 0 aliphatic heterocycles. The molecule has 1 heterocycles. The number of hydrogen-bond donors (Lipinski definition) is 1. The Morgan fingerprint density at radius 1 is 0.902 bits per heavy atom. The molecule has 0 unspecified atom stereocenters. The number of carbonyl (C=O) groups excluding carboxylic acids is 2. The third kappa shape index (κ3) is 8.20. The number of para-hydroxylation sites is 1. The number of alkyl halides is 3. The minimum absolute atomic E-state index is 0.00100. The van der Waals surface area contributed by atoms with Gasteiger partial charge in [0.15, 0.2) is 5.78 Å². The minimum atomic E-state index is -4.58. The molecule has 0 saturated heterocycles. The molecule has 0 saturated carbocycles. The van der Waals surface area contributed by atoms with Gasteiger partial charge < -0.3 is 19.3 Å². The fourth-order valence-electron chi connectivity index (χ4n) is 6.93. The lowest BCUT2D eigenvalue weighted by molar-refractivity contribution is -0.151. The SMILES string of the molecule is CN(C(=O)OCC1c2ccccc2-c2ccccc21)[C@@H](Cc1cn(Cc2ccc(Br)cc2)c2ccccc12)C(=O)C[C@@H](CCC(F)(F)F)C(=O)O. The van der Waals surface area contributed by atoms with Crippen molar-refractivity contribution in [3.05, 3.63) is 130 Å². The number of carbonyl (C=O) groups is 3. The molecule has 6 rings (SSSR count). The van der Waals surface area contributed by atoms with Gasteiger partial charge in [0.1, 0.15) is 6.61 Å². The molecule has 1 aliphatic carbocycles. The van der Waals surface area contributed by atoms with E-state index in [2.05, 4.69) is 15.9 Å². The van der Waals surface area contributed by atoms with Crippen molar-refractivity contribution in [3.63, 3.8) is 0 Å².